The molecule has 7 nitrogen and oxygen atoms in total. The molecule has 0 unspecified atom stereocenters. The minimum absolute atomic E-state index is 0.149. The van der Waals surface area contributed by atoms with E-state index in [1.54, 1.807) is 12.1 Å². The van der Waals surface area contributed by atoms with E-state index in [1.165, 1.54) is 32.6 Å². The Morgan fingerprint density at radius 3 is 2.29 bits per heavy atom. The van der Waals surface area contributed by atoms with Gasteiger partial charge in [0.25, 0.3) is 5.91 Å². The molecule has 0 spiro atoms. The van der Waals surface area contributed by atoms with Crippen LogP contribution in [0.4, 0.5) is 0 Å². The predicted octanol–water partition coefficient (Wildman–Crippen LogP) is 4.47. The number of nitrogens with one attached hydrogen (secondary N) is 1. The second kappa shape index (κ2) is 10.1. The van der Waals surface area contributed by atoms with Crippen molar-refractivity contribution in [1.82, 2.24) is 5.43 Å². The van der Waals surface area contributed by atoms with Crippen molar-refractivity contribution in [2.45, 2.75) is 0 Å². The summed E-state index contributed by atoms with van der Waals surface area (Å²) in [5.41, 5.74) is 3.33. The van der Waals surface area contributed by atoms with Crippen molar-refractivity contribution in [2.24, 2.45) is 5.10 Å². The third kappa shape index (κ3) is 5.45. The van der Waals surface area contributed by atoms with Gasteiger partial charge in [-0.2, -0.15) is 5.10 Å². The predicted molar refractivity (Wildman–Crippen MR) is 120 cm³/mol. The summed E-state index contributed by atoms with van der Waals surface area (Å²) in [7, 11) is 2.74. The number of benzene rings is 3. The molecule has 160 valence electrons. The molecule has 0 aliphatic carbocycles. The molecule has 0 aliphatic rings. The molecule has 1 amide bonds. The van der Waals surface area contributed by atoms with Crippen molar-refractivity contribution < 1.29 is 23.8 Å². The number of esters is 1. The Morgan fingerprint density at radius 2 is 1.68 bits per heavy atom. The number of hydrogen-bond donors (Lipinski definition) is 1. The van der Waals surface area contributed by atoms with Crippen LogP contribution in [0.25, 0.3) is 10.8 Å². The van der Waals surface area contributed by atoms with E-state index in [0.29, 0.717) is 16.9 Å². The van der Waals surface area contributed by atoms with E-state index in [4.69, 9.17) is 32.7 Å². The monoisotopic (exact) mass is 460 g/mol. The number of rotatable bonds is 7. The molecule has 31 heavy (non-hydrogen) atoms. The topological polar surface area (TPSA) is 86.2 Å². The van der Waals surface area contributed by atoms with E-state index in [-0.39, 0.29) is 22.4 Å². The number of amides is 1. The third-order valence-corrected chi connectivity index (χ3v) is 4.84. The van der Waals surface area contributed by atoms with Crippen LogP contribution < -0.4 is 14.9 Å². The maximum atomic E-state index is 12.6. The highest BCUT2D eigenvalue weighted by Crippen LogP contribution is 2.34. The maximum Gasteiger partial charge on any atom is 0.343 e. The summed E-state index contributed by atoms with van der Waals surface area (Å²) in [6.07, 6.45) is 1.38. The van der Waals surface area contributed by atoms with Crippen LogP contribution in [0.2, 0.25) is 10.0 Å². The average molecular weight is 461 g/mol. The number of ether oxygens (including phenoxy) is 3. The first kappa shape index (κ1) is 22.4. The molecule has 0 atom stereocenters. The van der Waals surface area contributed by atoms with Gasteiger partial charge in [-0.1, -0.05) is 47.5 Å². The standard InChI is InChI=1S/C22H18Cl2N2O5/c1-29-19-10-15-6-4-3-5-14(15)9-16(19)22(28)26-25-11-13-7-17(23)21(18(24)8-13)31-12-20(27)30-2/h3-11H,12H2,1-2H3,(H,26,28). The fourth-order valence-electron chi connectivity index (χ4n) is 2.77. The molecule has 0 saturated carbocycles. The lowest BCUT2D eigenvalue weighted by Gasteiger charge is -2.10. The van der Waals surface area contributed by atoms with Crippen LogP contribution in [-0.2, 0) is 9.53 Å². The smallest absolute Gasteiger partial charge is 0.343 e. The Labute approximate surface area is 188 Å². The molecule has 0 bridgehead atoms. The molecule has 3 aromatic rings. The lowest BCUT2D eigenvalue weighted by molar-refractivity contribution is -0.142. The zero-order valence-electron chi connectivity index (χ0n) is 16.6. The van der Waals surface area contributed by atoms with Crippen LogP contribution in [0.5, 0.6) is 11.5 Å². The van der Waals surface area contributed by atoms with Gasteiger partial charge in [0.15, 0.2) is 12.4 Å². The average Bonchev–Trinajstić information content (AvgIpc) is 2.77. The summed E-state index contributed by atoms with van der Waals surface area (Å²) >= 11 is 12.3. The molecule has 0 radical (unpaired) electrons. The van der Waals surface area contributed by atoms with Gasteiger partial charge in [0.1, 0.15) is 5.75 Å². The number of methoxy groups -OCH3 is 2. The molecule has 9 heteroatoms. The van der Waals surface area contributed by atoms with Crippen molar-refractivity contribution in [3.63, 3.8) is 0 Å². The SMILES string of the molecule is COC(=O)COc1c(Cl)cc(C=NNC(=O)c2cc3ccccc3cc2OC)cc1Cl. The van der Waals surface area contributed by atoms with Crippen molar-refractivity contribution in [3.8, 4) is 11.5 Å². The first-order chi connectivity index (χ1) is 14.9. The summed E-state index contributed by atoms with van der Waals surface area (Å²) in [4.78, 5) is 23.8. The molecule has 0 aliphatic heterocycles. The fraction of sp³-hybridized carbons (Fsp3) is 0.136. The minimum Gasteiger partial charge on any atom is -0.496 e. The van der Waals surface area contributed by atoms with Crippen LogP contribution in [0.15, 0.2) is 53.6 Å². The second-order valence-electron chi connectivity index (χ2n) is 6.28. The number of nitrogens with zero attached hydrogens (tertiary/aromatic N) is 1. The highest BCUT2D eigenvalue weighted by molar-refractivity contribution is 6.37. The molecular formula is C22H18Cl2N2O5. The number of hydrogen-bond acceptors (Lipinski definition) is 6. The number of fused-ring (bicyclic) bond motifs is 1. The van der Waals surface area contributed by atoms with Crippen LogP contribution in [-0.4, -0.2) is 38.9 Å². The van der Waals surface area contributed by atoms with Crippen LogP contribution in [0, 0.1) is 0 Å². The third-order valence-electron chi connectivity index (χ3n) is 4.27. The molecular weight excluding hydrogens is 443 g/mol. The summed E-state index contributed by atoms with van der Waals surface area (Å²) in [6, 6.07) is 14.2. The Kier molecular flexibility index (Phi) is 7.33. The molecule has 3 rings (SSSR count). The van der Waals surface area contributed by atoms with Crippen LogP contribution >= 0.6 is 23.2 Å². The fourth-order valence-corrected chi connectivity index (χ4v) is 3.39. The minimum atomic E-state index is -0.565. The van der Waals surface area contributed by atoms with Gasteiger partial charge >= 0.3 is 5.97 Å². The second-order valence-corrected chi connectivity index (χ2v) is 7.09. The number of halogens is 2. The molecule has 0 fully saturated rings. The Bertz CT molecular complexity index is 1140. The first-order valence-electron chi connectivity index (χ1n) is 9.01. The largest absolute Gasteiger partial charge is 0.496 e. The van der Waals surface area contributed by atoms with Gasteiger partial charge in [-0.15, -0.1) is 0 Å². The Morgan fingerprint density at radius 1 is 1.03 bits per heavy atom. The van der Waals surface area contributed by atoms with Crippen molar-refractivity contribution >= 4 is 52.1 Å². The molecule has 3 aromatic carbocycles. The molecule has 1 N–H and O–H groups in total. The molecule has 0 saturated heterocycles. The summed E-state index contributed by atoms with van der Waals surface area (Å²) in [5, 5.41) is 6.18. The van der Waals surface area contributed by atoms with Gasteiger partial charge in [-0.25, -0.2) is 10.2 Å². The zero-order chi connectivity index (χ0) is 22.4. The quantitative estimate of drug-likeness (QED) is 0.319. The highest BCUT2D eigenvalue weighted by atomic mass is 35.5. The summed E-state index contributed by atoms with van der Waals surface area (Å²) < 4.78 is 15.1. The van der Waals surface area contributed by atoms with Crippen LogP contribution in [0.3, 0.4) is 0 Å². The van der Waals surface area contributed by atoms with E-state index >= 15 is 0 Å². The lowest BCUT2D eigenvalue weighted by Crippen LogP contribution is -2.18. The summed E-state index contributed by atoms with van der Waals surface area (Å²) in [6.45, 7) is -0.326. The lowest BCUT2D eigenvalue weighted by atomic mass is 10.1. The van der Waals surface area contributed by atoms with Crippen molar-refractivity contribution in [1.29, 1.82) is 0 Å². The summed E-state index contributed by atoms with van der Waals surface area (Å²) in [5.74, 6) is -0.418. The van der Waals surface area contributed by atoms with Gasteiger partial charge in [0.05, 0.1) is 36.0 Å². The van der Waals surface area contributed by atoms with Gasteiger partial charge in [0.2, 0.25) is 0 Å². The van der Waals surface area contributed by atoms with Crippen molar-refractivity contribution in [2.75, 3.05) is 20.8 Å². The van der Waals surface area contributed by atoms with E-state index in [1.807, 2.05) is 24.3 Å². The maximum absolute atomic E-state index is 12.6. The Balaban J connectivity index is 1.74. The number of carbonyl (C=O) groups is 2. The van der Waals surface area contributed by atoms with E-state index < -0.39 is 11.9 Å². The highest BCUT2D eigenvalue weighted by Gasteiger charge is 2.14. The zero-order valence-corrected chi connectivity index (χ0v) is 18.2. The normalized spacial score (nSPS) is 10.8. The van der Waals surface area contributed by atoms with Gasteiger partial charge < -0.3 is 14.2 Å². The number of carbonyl (C=O) groups excluding carboxylic acids is 2. The van der Waals surface area contributed by atoms with Gasteiger partial charge in [0, 0.05) is 0 Å². The molecule has 0 aromatic heterocycles. The molecule has 0 heterocycles. The van der Waals surface area contributed by atoms with E-state index in [2.05, 4.69) is 15.3 Å². The first-order valence-corrected chi connectivity index (χ1v) is 9.77. The van der Waals surface area contributed by atoms with E-state index in [9.17, 15) is 9.59 Å². The van der Waals surface area contributed by atoms with Gasteiger partial charge in [-0.3, -0.25) is 4.79 Å². The Hall–Kier alpha value is -3.29. The van der Waals surface area contributed by atoms with Crippen molar-refractivity contribution in [3.05, 3.63) is 69.7 Å². The van der Waals surface area contributed by atoms with Crippen LogP contribution in [0.1, 0.15) is 15.9 Å². The number of hydrazone groups is 1. The van der Waals surface area contributed by atoms with Gasteiger partial charge in [-0.05, 0) is 40.6 Å². The van der Waals surface area contributed by atoms with E-state index in [0.717, 1.165) is 10.8 Å².